The lowest BCUT2D eigenvalue weighted by Crippen LogP contribution is -2.17. The Morgan fingerprint density at radius 3 is 1.45 bits per heavy atom. The van der Waals surface area contributed by atoms with Crippen LogP contribution in [0, 0.1) is 41.5 Å². The maximum atomic E-state index is 2.57. The monoisotopic (exact) mass is 774 g/mol. The first-order chi connectivity index (χ1) is 29.2. The summed E-state index contributed by atoms with van der Waals surface area (Å²) in [6, 6.07) is 57.2. The van der Waals surface area contributed by atoms with Crippen LogP contribution >= 0.6 is 0 Å². The molecule has 0 aromatic heterocycles. The van der Waals surface area contributed by atoms with E-state index in [0.29, 0.717) is 0 Å². The van der Waals surface area contributed by atoms with Gasteiger partial charge in [0.2, 0.25) is 0 Å². The van der Waals surface area contributed by atoms with Crippen LogP contribution in [0.4, 0.5) is 34.1 Å². The van der Waals surface area contributed by atoms with E-state index in [9.17, 15) is 0 Å². The summed E-state index contributed by atoms with van der Waals surface area (Å²) in [6.07, 6.45) is 8.88. The first-order valence-corrected chi connectivity index (χ1v) is 21.3. The van der Waals surface area contributed by atoms with Crippen LogP contribution in [0.1, 0.15) is 51.8 Å². The highest BCUT2D eigenvalue weighted by atomic mass is 15.2. The Morgan fingerprint density at radius 1 is 0.383 bits per heavy atom. The molecule has 0 amide bonds. The van der Waals surface area contributed by atoms with Crippen LogP contribution in [0.15, 0.2) is 170 Å². The molecular weight excluding hydrogens is 725 g/mol. The van der Waals surface area contributed by atoms with Gasteiger partial charge < -0.3 is 9.80 Å². The molecule has 60 heavy (non-hydrogen) atoms. The van der Waals surface area contributed by atoms with Crippen molar-refractivity contribution in [2.24, 2.45) is 0 Å². The second-order valence-electron chi connectivity index (χ2n) is 16.9. The van der Waals surface area contributed by atoms with E-state index < -0.39 is 0 Å². The van der Waals surface area contributed by atoms with Gasteiger partial charge in [-0.2, -0.15) is 0 Å². The number of allylic oxidation sites excluding steroid dienone is 4. The van der Waals surface area contributed by atoms with E-state index in [2.05, 4.69) is 221 Å². The summed E-state index contributed by atoms with van der Waals surface area (Å²) in [7, 11) is 0. The molecule has 0 radical (unpaired) electrons. The molecule has 0 spiro atoms. The molecule has 2 heteroatoms. The highest BCUT2D eigenvalue weighted by Crippen LogP contribution is 2.52. The SMILES string of the molecule is Cc1ccc(C)c(N(c2cc(C3=CC=CCC3)ccc2C)c2cc(N(c3cc(C)ccc3C)c3cc(-c4ccccc4)ccc3C)c3ccc4cccc5ccc2c3c54)c1. The number of hydrogen-bond donors (Lipinski definition) is 0. The number of hydrogen-bond acceptors (Lipinski definition) is 2. The summed E-state index contributed by atoms with van der Waals surface area (Å²) in [5, 5.41) is 7.56. The van der Waals surface area contributed by atoms with Crippen molar-refractivity contribution in [1.29, 1.82) is 0 Å². The Kier molecular flexibility index (Phi) is 9.37. The standard InChI is InChI=1S/C58H50N2/c1-37-20-22-39(3)51(32-37)59(53-34-47(26-24-41(53)5)43-14-9-7-10-15-43)55-36-56(50-31-29-46-19-13-18-45-28-30-49(55)58(50)57(45)46)60(52-33-38(2)21-23-40(52)4)54-35-48(27-25-42(54)6)44-16-11-8-12-17-44/h7-11,13-16,18-36H,12,17H2,1-6H3. The average Bonchev–Trinajstić information content (AvgIpc) is 3.27. The minimum atomic E-state index is 1.04. The number of aryl methyl sites for hydroxylation is 6. The zero-order valence-electron chi connectivity index (χ0n) is 35.5. The van der Waals surface area contributed by atoms with Crippen molar-refractivity contribution in [2.75, 3.05) is 9.80 Å². The molecule has 0 saturated heterocycles. The Labute approximate surface area is 354 Å². The predicted molar refractivity (Wildman–Crippen MR) is 260 cm³/mol. The van der Waals surface area contributed by atoms with Gasteiger partial charge in [-0.1, -0.05) is 140 Å². The lowest BCUT2D eigenvalue weighted by molar-refractivity contribution is 1.05. The van der Waals surface area contributed by atoms with Crippen molar-refractivity contribution >= 4 is 72.0 Å². The fraction of sp³-hybridized carbons (Fsp3) is 0.138. The molecule has 1 aliphatic carbocycles. The van der Waals surface area contributed by atoms with Crippen molar-refractivity contribution in [2.45, 2.75) is 54.4 Å². The van der Waals surface area contributed by atoms with Gasteiger partial charge in [0, 0.05) is 38.9 Å². The van der Waals surface area contributed by atoms with Crippen LogP contribution in [0.25, 0.3) is 49.0 Å². The molecule has 0 aliphatic heterocycles. The lowest BCUT2D eigenvalue weighted by Gasteiger charge is -2.35. The fourth-order valence-corrected chi connectivity index (χ4v) is 9.42. The van der Waals surface area contributed by atoms with Crippen molar-refractivity contribution < 1.29 is 0 Å². The highest BCUT2D eigenvalue weighted by molar-refractivity contribution is 6.29. The van der Waals surface area contributed by atoms with Crippen molar-refractivity contribution in [3.63, 3.8) is 0 Å². The number of rotatable bonds is 8. The van der Waals surface area contributed by atoms with Gasteiger partial charge in [-0.25, -0.2) is 0 Å². The van der Waals surface area contributed by atoms with Crippen LogP contribution in [-0.4, -0.2) is 0 Å². The van der Waals surface area contributed by atoms with E-state index in [-0.39, 0.29) is 0 Å². The minimum absolute atomic E-state index is 1.04. The second kappa shape index (κ2) is 15.0. The highest BCUT2D eigenvalue weighted by Gasteiger charge is 2.27. The van der Waals surface area contributed by atoms with E-state index in [4.69, 9.17) is 0 Å². The molecule has 2 nitrogen and oxygen atoms in total. The summed E-state index contributed by atoms with van der Waals surface area (Å²) >= 11 is 0. The summed E-state index contributed by atoms with van der Waals surface area (Å²) in [5.41, 5.74) is 19.5. The first kappa shape index (κ1) is 37.4. The van der Waals surface area contributed by atoms with Crippen molar-refractivity contribution in [1.82, 2.24) is 0 Å². The Hall–Kier alpha value is -6.90. The fourth-order valence-electron chi connectivity index (χ4n) is 9.42. The van der Waals surface area contributed by atoms with Crippen molar-refractivity contribution in [3.05, 3.63) is 209 Å². The maximum absolute atomic E-state index is 2.57. The molecule has 10 rings (SSSR count). The number of anilines is 6. The van der Waals surface area contributed by atoms with E-state index in [1.807, 2.05) is 0 Å². The molecule has 0 atom stereocenters. The Balaban J connectivity index is 1.36. The van der Waals surface area contributed by atoms with Crippen LogP contribution < -0.4 is 9.80 Å². The van der Waals surface area contributed by atoms with Crippen LogP contribution in [0.3, 0.4) is 0 Å². The Bertz CT molecular complexity index is 3150. The minimum Gasteiger partial charge on any atom is -0.309 e. The maximum Gasteiger partial charge on any atom is 0.0561 e. The summed E-state index contributed by atoms with van der Waals surface area (Å²) in [5.74, 6) is 0. The molecule has 9 aromatic carbocycles. The second-order valence-corrected chi connectivity index (χ2v) is 16.9. The quantitative estimate of drug-likeness (QED) is 0.142. The zero-order valence-corrected chi connectivity index (χ0v) is 35.5. The number of nitrogens with zero attached hydrogens (tertiary/aromatic N) is 2. The van der Waals surface area contributed by atoms with E-state index in [1.165, 1.54) is 111 Å². The molecule has 0 N–H and O–H groups in total. The van der Waals surface area contributed by atoms with Gasteiger partial charge in [0.1, 0.15) is 0 Å². The van der Waals surface area contributed by atoms with E-state index in [1.54, 1.807) is 0 Å². The van der Waals surface area contributed by atoms with Gasteiger partial charge in [-0.3, -0.25) is 0 Å². The largest absolute Gasteiger partial charge is 0.309 e. The van der Waals surface area contributed by atoms with Gasteiger partial charge in [0.25, 0.3) is 0 Å². The van der Waals surface area contributed by atoms with E-state index in [0.717, 1.165) is 24.2 Å². The van der Waals surface area contributed by atoms with Gasteiger partial charge in [-0.15, -0.1) is 0 Å². The normalized spacial score (nSPS) is 12.7. The summed E-state index contributed by atoms with van der Waals surface area (Å²) in [6.45, 7) is 13.5. The van der Waals surface area contributed by atoms with Gasteiger partial charge in [-0.05, 0) is 157 Å². The molecule has 0 bridgehead atoms. The van der Waals surface area contributed by atoms with Crippen LogP contribution in [0.5, 0.6) is 0 Å². The third kappa shape index (κ3) is 6.44. The van der Waals surface area contributed by atoms with Gasteiger partial charge in [0.05, 0.1) is 11.4 Å². The van der Waals surface area contributed by atoms with Crippen LogP contribution in [0.2, 0.25) is 0 Å². The smallest absolute Gasteiger partial charge is 0.0561 e. The molecule has 0 unspecified atom stereocenters. The van der Waals surface area contributed by atoms with Gasteiger partial charge >= 0.3 is 0 Å². The van der Waals surface area contributed by atoms with Crippen molar-refractivity contribution in [3.8, 4) is 11.1 Å². The first-order valence-electron chi connectivity index (χ1n) is 21.3. The predicted octanol–water partition coefficient (Wildman–Crippen LogP) is 16.8. The average molecular weight is 775 g/mol. The topological polar surface area (TPSA) is 6.48 Å². The Morgan fingerprint density at radius 2 is 0.900 bits per heavy atom. The third-order valence-corrected chi connectivity index (χ3v) is 12.7. The summed E-state index contributed by atoms with van der Waals surface area (Å²) < 4.78 is 0. The van der Waals surface area contributed by atoms with Gasteiger partial charge in [0.15, 0.2) is 0 Å². The molecule has 0 saturated carbocycles. The number of benzene rings is 9. The summed E-state index contributed by atoms with van der Waals surface area (Å²) in [4.78, 5) is 5.13. The molecule has 0 fully saturated rings. The lowest BCUT2D eigenvalue weighted by atomic mass is 9.90. The molecule has 9 aromatic rings. The van der Waals surface area contributed by atoms with Crippen LogP contribution in [-0.2, 0) is 0 Å². The molecule has 292 valence electrons. The third-order valence-electron chi connectivity index (χ3n) is 12.7. The molecular formula is C58H50N2. The molecule has 1 aliphatic rings. The zero-order chi connectivity index (χ0) is 41.1. The molecule has 0 heterocycles. The van der Waals surface area contributed by atoms with E-state index >= 15 is 0 Å².